The van der Waals surface area contributed by atoms with Crippen LogP contribution in [-0.2, 0) is 0 Å². The Labute approximate surface area is 187 Å². The SMILES string of the molecule is CCCCCCCCOc1ccc(-n2cc3cc(OCCCCCC)ccc3n2)cc1. The van der Waals surface area contributed by atoms with Gasteiger partial charge in [-0.25, -0.2) is 4.68 Å². The van der Waals surface area contributed by atoms with Crippen LogP contribution in [0.25, 0.3) is 16.6 Å². The number of benzene rings is 2. The average molecular weight is 423 g/mol. The summed E-state index contributed by atoms with van der Waals surface area (Å²) in [5.41, 5.74) is 2.01. The van der Waals surface area contributed by atoms with Crippen LogP contribution in [0.4, 0.5) is 0 Å². The van der Waals surface area contributed by atoms with Crippen molar-refractivity contribution in [2.75, 3.05) is 13.2 Å². The van der Waals surface area contributed by atoms with Gasteiger partial charge in [-0.05, 0) is 55.3 Å². The second-order valence-electron chi connectivity index (χ2n) is 8.31. The van der Waals surface area contributed by atoms with Gasteiger partial charge in [0.15, 0.2) is 0 Å². The summed E-state index contributed by atoms with van der Waals surface area (Å²) in [6, 6.07) is 14.3. The molecule has 0 amide bonds. The zero-order chi connectivity index (χ0) is 21.7. The molecule has 0 radical (unpaired) electrons. The van der Waals surface area contributed by atoms with Gasteiger partial charge in [0.2, 0.25) is 0 Å². The van der Waals surface area contributed by atoms with E-state index in [1.165, 1.54) is 51.4 Å². The Morgan fingerprint density at radius 1 is 0.677 bits per heavy atom. The molecule has 0 atom stereocenters. The minimum atomic E-state index is 0.778. The van der Waals surface area contributed by atoms with Crippen molar-refractivity contribution in [3.8, 4) is 17.2 Å². The fourth-order valence-corrected chi connectivity index (χ4v) is 3.71. The van der Waals surface area contributed by atoms with Crippen molar-refractivity contribution >= 4 is 10.9 Å². The summed E-state index contributed by atoms with van der Waals surface area (Å²) in [7, 11) is 0. The van der Waals surface area contributed by atoms with E-state index in [0.29, 0.717) is 0 Å². The second-order valence-corrected chi connectivity index (χ2v) is 8.31. The molecule has 0 aliphatic rings. The van der Waals surface area contributed by atoms with E-state index in [-0.39, 0.29) is 0 Å². The van der Waals surface area contributed by atoms with Gasteiger partial charge in [-0.2, -0.15) is 5.10 Å². The van der Waals surface area contributed by atoms with Crippen LogP contribution in [0.1, 0.15) is 78.1 Å². The summed E-state index contributed by atoms with van der Waals surface area (Å²) in [6.07, 6.45) is 14.6. The van der Waals surface area contributed by atoms with E-state index in [9.17, 15) is 0 Å². The van der Waals surface area contributed by atoms with Crippen molar-refractivity contribution < 1.29 is 9.47 Å². The van der Waals surface area contributed by atoms with Crippen LogP contribution in [-0.4, -0.2) is 23.0 Å². The predicted octanol–water partition coefficient (Wildman–Crippen LogP) is 7.72. The molecule has 3 rings (SSSR count). The summed E-state index contributed by atoms with van der Waals surface area (Å²) in [5.74, 6) is 1.84. The third-order valence-corrected chi connectivity index (χ3v) is 5.61. The van der Waals surface area contributed by atoms with Gasteiger partial charge in [-0.1, -0.05) is 65.2 Å². The zero-order valence-electron chi connectivity index (χ0n) is 19.3. The standard InChI is InChI=1S/C27H38N2O2/c1-3-5-7-9-10-12-19-30-25-15-13-24(14-16-25)29-22-23-21-26(17-18-27(23)28-29)31-20-11-8-6-4-2/h13-18,21-22H,3-12,19-20H2,1-2H3. The zero-order valence-corrected chi connectivity index (χ0v) is 19.3. The molecule has 31 heavy (non-hydrogen) atoms. The van der Waals surface area contributed by atoms with Gasteiger partial charge >= 0.3 is 0 Å². The van der Waals surface area contributed by atoms with Gasteiger partial charge in [0, 0.05) is 11.6 Å². The lowest BCUT2D eigenvalue weighted by atomic mass is 10.1. The number of nitrogens with zero attached hydrogens (tertiary/aromatic N) is 2. The molecule has 0 saturated carbocycles. The van der Waals surface area contributed by atoms with E-state index >= 15 is 0 Å². The minimum Gasteiger partial charge on any atom is -0.494 e. The lowest BCUT2D eigenvalue weighted by Gasteiger charge is -2.07. The first kappa shape index (κ1) is 23.2. The molecule has 168 valence electrons. The van der Waals surface area contributed by atoms with Crippen LogP contribution in [0, 0.1) is 0 Å². The number of rotatable bonds is 15. The number of hydrogen-bond donors (Lipinski definition) is 0. The average Bonchev–Trinajstić information content (AvgIpc) is 3.22. The molecule has 4 nitrogen and oxygen atoms in total. The molecule has 0 N–H and O–H groups in total. The van der Waals surface area contributed by atoms with Crippen LogP contribution >= 0.6 is 0 Å². The van der Waals surface area contributed by atoms with Gasteiger partial charge < -0.3 is 9.47 Å². The van der Waals surface area contributed by atoms with Crippen molar-refractivity contribution in [2.24, 2.45) is 0 Å². The van der Waals surface area contributed by atoms with Gasteiger partial charge in [0.1, 0.15) is 11.5 Å². The first-order chi connectivity index (χ1) is 15.3. The molecular formula is C27H38N2O2. The molecule has 0 unspecified atom stereocenters. The molecule has 4 heteroatoms. The van der Waals surface area contributed by atoms with Crippen molar-refractivity contribution in [1.29, 1.82) is 0 Å². The fraction of sp³-hybridized carbons (Fsp3) is 0.519. The Kier molecular flexibility index (Phi) is 9.75. The van der Waals surface area contributed by atoms with E-state index in [1.54, 1.807) is 0 Å². The van der Waals surface area contributed by atoms with Crippen LogP contribution in [0.2, 0.25) is 0 Å². The van der Waals surface area contributed by atoms with Crippen molar-refractivity contribution in [3.63, 3.8) is 0 Å². The highest BCUT2D eigenvalue weighted by molar-refractivity contribution is 5.80. The van der Waals surface area contributed by atoms with Gasteiger partial charge in [0.05, 0.1) is 24.4 Å². The normalized spacial score (nSPS) is 11.2. The molecule has 0 saturated heterocycles. The Morgan fingerprint density at radius 2 is 1.26 bits per heavy atom. The molecule has 0 spiro atoms. The number of fused-ring (bicyclic) bond motifs is 1. The maximum absolute atomic E-state index is 5.91. The maximum Gasteiger partial charge on any atom is 0.120 e. The molecule has 0 bridgehead atoms. The molecule has 2 aromatic carbocycles. The first-order valence-corrected chi connectivity index (χ1v) is 12.2. The number of ether oxygens (including phenoxy) is 2. The summed E-state index contributed by atoms with van der Waals surface area (Å²) in [6.45, 7) is 6.04. The quantitative estimate of drug-likeness (QED) is 0.235. The van der Waals surface area contributed by atoms with E-state index < -0.39 is 0 Å². The van der Waals surface area contributed by atoms with Crippen molar-refractivity contribution in [1.82, 2.24) is 9.78 Å². The van der Waals surface area contributed by atoms with Crippen LogP contribution in [0.3, 0.4) is 0 Å². The Hall–Kier alpha value is -2.49. The Balaban J connectivity index is 1.49. The summed E-state index contributed by atoms with van der Waals surface area (Å²) in [5, 5.41) is 5.80. The van der Waals surface area contributed by atoms with Gasteiger partial charge in [-0.3, -0.25) is 0 Å². The molecule has 1 heterocycles. The predicted molar refractivity (Wildman–Crippen MR) is 130 cm³/mol. The Morgan fingerprint density at radius 3 is 1.97 bits per heavy atom. The van der Waals surface area contributed by atoms with Crippen LogP contribution in [0.15, 0.2) is 48.7 Å². The van der Waals surface area contributed by atoms with Crippen molar-refractivity contribution in [3.05, 3.63) is 48.7 Å². The van der Waals surface area contributed by atoms with Crippen LogP contribution < -0.4 is 9.47 Å². The number of aromatic nitrogens is 2. The maximum atomic E-state index is 5.91. The number of hydrogen-bond acceptors (Lipinski definition) is 3. The van der Waals surface area contributed by atoms with E-state index in [2.05, 4.69) is 38.2 Å². The molecule has 3 aromatic rings. The number of unbranched alkanes of at least 4 members (excludes halogenated alkanes) is 8. The molecule has 0 aliphatic carbocycles. The van der Waals surface area contributed by atoms with E-state index in [0.717, 1.165) is 54.1 Å². The molecular weight excluding hydrogens is 384 g/mol. The highest BCUT2D eigenvalue weighted by Crippen LogP contribution is 2.23. The fourth-order valence-electron chi connectivity index (χ4n) is 3.71. The smallest absolute Gasteiger partial charge is 0.120 e. The largest absolute Gasteiger partial charge is 0.494 e. The van der Waals surface area contributed by atoms with Gasteiger partial charge in [-0.15, -0.1) is 0 Å². The summed E-state index contributed by atoms with van der Waals surface area (Å²) in [4.78, 5) is 0. The van der Waals surface area contributed by atoms with E-state index in [4.69, 9.17) is 14.6 Å². The molecule has 1 aromatic heterocycles. The van der Waals surface area contributed by atoms with Crippen molar-refractivity contribution in [2.45, 2.75) is 78.1 Å². The summed E-state index contributed by atoms with van der Waals surface area (Å²) >= 11 is 0. The first-order valence-electron chi connectivity index (χ1n) is 12.2. The Bertz CT molecular complexity index is 886. The van der Waals surface area contributed by atoms with E-state index in [1.807, 2.05) is 28.9 Å². The topological polar surface area (TPSA) is 36.3 Å². The molecule has 0 fully saturated rings. The highest BCUT2D eigenvalue weighted by Gasteiger charge is 2.05. The molecule has 0 aliphatic heterocycles. The summed E-state index contributed by atoms with van der Waals surface area (Å²) < 4.78 is 13.7. The minimum absolute atomic E-state index is 0.778. The van der Waals surface area contributed by atoms with Crippen LogP contribution in [0.5, 0.6) is 11.5 Å². The monoisotopic (exact) mass is 422 g/mol. The van der Waals surface area contributed by atoms with Gasteiger partial charge in [0.25, 0.3) is 0 Å². The third kappa shape index (κ3) is 7.61. The lowest BCUT2D eigenvalue weighted by Crippen LogP contribution is -1.98. The second kappa shape index (κ2) is 13.0. The highest BCUT2D eigenvalue weighted by atomic mass is 16.5. The third-order valence-electron chi connectivity index (χ3n) is 5.61. The lowest BCUT2D eigenvalue weighted by molar-refractivity contribution is 0.304.